The second-order valence-electron chi connectivity index (χ2n) is 4.91. The van der Waals surface area contributed by atoms with Crippen LogP contribution in [0.1, 0.15) is 23.3 Å². The van der Waals surface area contributed by atoms with Crippen LogP contribution in [0.5, 0.6) is 0 Å². The van der Waals surface area contributed by atoms with E-state index in [4.69, 9.17) is 21.6 Å². The number of nitrogens with zero attached hydrogens (tertiary/aromatic N) is 1. The van der Waals surface area contributed by atoms with Gasteiger partial charge in [-0.3, -0.25) is 4.79 Å². The molecule has 0 fully saturated rings. The molecular formula is C18H16ClNO2S. The third-order valence-electron chi connectivity index (χ3n) is 3.13. The van der Waals surface area contributed by atoms with Crippen LogP contribution in [0.2, 0.25) is 5.02 Å². The molecule has 0 aliphatic carbocycles. The van der Waals surface area contributed by atoms with Crippen molar-refractivity contribution < 1.29 is 9.53 Å². The third-order valence-corrected chi connectivity index (χ3v) is 4.66. The van der Waals surface area contributed by atoms with Crippen LogP contribution in [0.15, 0.2) is 54.6 Å². The summed E-state index contributed by atoms with van der Waals surface area (Å²) in [6, 6.07) is 19.4. The Bertz CT molecular complexity index is 682. The first-order chi connectivity index (χ1) is 11.1. The van der Waals surface area contributed by atoms with Crippen molar-refractivity contribution in [2.75, 3.05) is 5.75 Å². The average molecular weight is 346 g/mol. The summed E-state index contributed by atoms with van der Waals surface area (Å²) in [7, 11) is 0. The van der Waals surface area contributed by atoms with Gasteiger partial charge in [0.1, 0.15) is 6.07 Å². The predicted molar refractivity (Wildman–Crippen MR) is 93.4 cm³/mol. The van der Waals surface area contributed by atoms with E-state index in [2.05, 4.69) is 0 Å². The van der Waals surface area contributed by atoms with Gasteiger partial charge >= 0.3 is 5.97 Å². The monoisotopic (exact) mass is 345 g/mol. The van der Waals surface area contributed by atoms with Gasteiger partial charge in [-0.25, -0.2) is 0 Å². The number of rotatable bonds is 6. The number of halogens is 1. The molecule has 0 radical (unpaired) electrons. The Morgan fingerprint density at radius 3 is 2.39 bits per heavy atom. The second-order valence-corrected chi connectivity index (χ2v) is 6.44. The normalized spacial score (nSPS) is 12.9. The summed E-state index contributed by atoms with van der Waals surface area (Å²) in [6.07, 6.45) is -0.728. The van der Waals surface area contributed by atoms with E-state index in [-0.39, 0.29) is 17.0 Å². The van der Waals surface area contributed by atoms with Crippen LogP contribution < -0.4 is 0 Å². The standard InChI is InChI=1S/C18H16ClNO2S/c1-13(11-20)22-17(21)12-23-18(14-5-3-2-4-6-14)15-7-9-16(19)10-8-15/h2-10,13,18H,12H2,1H3/t13-,18+/m1/s1. The smallest absolute Gasteiger partial charge is 0.317 e. The van der Waals surface area contributed by atoms with E-state index in [1.54, 1.807) is 6.92 Å². The largest absolute Gasteiger partial charge is 0.447 e. The van der Waals surface area contributed by atoms with Crippen LogP contribution in [-0.4, -0.2) is 17.8 Å². The van der Waals surface area contributed by atoms with E-state index in [9.17, 15) is 4.79 Å². The van der Waals surface area contributed by atoms with Crippen molar-refractivity contribution in [3.8, 4) is 6.07 Å². The Hall–Kier alpha value is -1.96. The van der Waals surface area contributed by atoms with Gasteiger partial charge in [0.15, 0.2) is 6.10 Å². The van der Waals surface area contributed by atoms with Crippen molar-refractivity contribution in [2.24, 2.45) is 0 Å². The average Bonchev–Trinajstić information content (AvgIpc) is 2.57. The fourth-order valence-electron chi connectivity index (χ4n) is 2.06. The Labute approximate surface area is 145 Å². The van der Waals surface area contributed by atoms with Gasteiger partial charge in [0, 0.05) is 5.02 Å². The molecular weight excluding hydrogens is 330 g/mol. The molecule has 3 nitrogen and oxygen atoms in total. The number of esters is 1. The van der Waals surface area contributed by atoms with Crippen molar-refractivity contribution in [1.82, 2.24) is 0 Å². The highest BCUT2D eigenvalue weighted by molar-refractivity contribution is 8.00. The molecule has 118 valence electrons. The zero-order valence-electron chi connectivity index (χ0n) is 12.6. The van der Waals surface area contributed by atoms with Crippen LogP contribution in [0.25, 0.3) is 0 Å². The van der Waals surface area contributed by atoms with Crippen molar-refractivity contribution in [1.29, 1.82) is 5.26 Å². The predicted octanol–water partition coefficient (Wildman–Crippen LogP) is 4.62. The lowest BCUT2D eigenvalue weighted by Gasteiger charge is -2.17. The van der Waals surface area contributed by atoms with Crippen LogP contribution >= 0.6 is 23.4 Å². The second kappa shape index (κ2) is 8.61. The molecule has 0 unspecified atom stereocenters. The van der Waals surface area contributed by atoms with Gasteiger partial charge in [-0.15, -0.1) is 11.8 Å². The van der Waals surface area contributed by atoms with Gasteiger partial charge in [-0.05, 0) is 30.2 Å². The molecule has 5 heteroatoms. The fraction of sp³-hybridized carbons (Fsp3) is 0.222. The Morgan fingerprint density at radius 1 is 1.17 bits per heavy atom. The Morgan fingerprint density at radius 2 is 1.78 bits per heavy atom. The minimum absolute atomic E-state index is 0.00147. The molecule has 0 saturated carbocycles. The number of thioether (sulfide) groups is 1. The fourth-order valence-corrected chi connectivity index (χ4v) is 3.26. The number of nitriles is 1. The van der Waals surface area contributed by atoms with E-state index in [0.29, 0.717) is 5.02 Å². The molecule has 0 saturated heterocycles. The van der Waals surface area contributed by atoms with Crippen molar-refractivity contribution >= 4 is 29.3 Å². The van der Waals surface area contributed by atoms with Gasteiger partial charge in [-0.1, -0.05) is 54.1 Å². The van der Waals surface area contributed by atoms with E-state index in [1.165, 1.54) is 11.8 Å². The van der Waals surface area contributed by atoms with Crippen molar-refractivity contribution in [2.45, 2.75) is 18.3 Å². The molecule has 0 N–H and O–H groups in total. The molecule has 0 aromatic heterocycles. The number of carbonyl (C=O) groups excluding carboxylic acids is 1. The highest BCUT2D eigenvalue weighted by atomic mass is 35.5. The molecule has 0 amide bonds. The van der Waals surface area contributed by atoms with Crippen molar-refractivity contribution in [3.05, 3.63) is 70.7 Å². The first-order valence-electron chi connectivity index (χ1n) is 7.11. The number of ether oxygens (including phenoxy) is 1. The van der Waals surface area contributed by atoms with E-state index >= 15 is 0 Å². The molecule has 23 heavy (non-hydrogen) atoms. The maximum absolute atomic E-state index is 11.8. The summed E-state index contributed by atoms with van der Waals surface area (Å²) in [5.74, 6) is -0.215. The zero-order chi connectivity index (χ0) is 16.7. The third kappa shape index (κ3) is 5.31. The molecule has 2 aromatic carbocycles. The number of benzene rings is 2. The van der Waals surface area contributed by atoms with Gasteiger partial charge in [0.25, 0.3) is 0 Å². The summed E-state index contributed by atoms with van der Waals surface area (Å²) in [4.78, 5) is 11.8. The highest BCUT2D eigenvalue weighted by Gasteiger charge is 2.18. The first kappa shape index (κ1) is 17.4. The quantitative estimate of drug-likeness (QED) is 0.717. The lowest BCUT2D eigenvalue weighted by molar-refractivity contribution is -0.142. The highest BCUT2D eigenvalue weighted by Crippen LogP contribution is 2.36. The molecule has 0 aliphatic heterocycles. The number of hydrogen-bond donors (Lipinski definition) is 0. The van der Waals surface area contributed by atoms with Gasteiger partial charge in [-0.2, -0.15) is 5.26 Å². The molecule has 2 atom stereocenters. The van der Waals surface area contributed by atoms with Crippen LogP contribution in [-0.2, 0) is 9.53 Å². The van der Waals surface area contributed by atoms with E-state index < -0.39 is 6.10 Å². The molecule has 0 bridgehead atoms. The van der Waals surface area contributed by atoms with Crippen LogP contribution in [0.4, 0.5) is 0 Å². The van der Waals surface area contributed by atoms with E-state index in [0.717, 1.165) is 11.1 Å². The summed E-state index contributed by atoms with van der Waals surface area (Å²) < 4.78 is 5.00. The maximum atomic E-state index is 11.8. The molecule has 0 heterocycles. The minimum Gasteiger partial charge on any atom is -0.447 e. The lowest BCUT2D eigenvalue weighted by atomic mass is 10.0. The summed E-state index contributed by atoms with van der Waals surface area (Å²) in [5, 5.41) is 9.37. The molecule has 0 spiro atoms. The number of carbonyl (C=O) groups is 1. The Balaban J connectivity index is 2.13. The zero-order valence-corrected chi connectivity index (χ0v) is 14.2. The van der Waals surface area contributed by atoms with Gasteiger partial charge in [0.05, 0.1) is 11.0 Å². The number of hydrogen-bond acceptors (Lipinski definition) is 4. The van der Waals surface area contributed by atoms with E-state index in [1.807, 2.05) is 60.7 Å². The summed E-state index contributed by atoms with van der Waals surface area (Å²) in [5.41, 5.74) is 2.16. The SMILES string of the molecule is C[C@H](C#N)OC(=O)CS[C@@H](c1ccccc1)c1ccc(Cl)cc1. The van der Waals surface area contributed by atoms with Crippen LogP contribution in [0, 0.1) is 11.3 Å². The minimum atomic E-state index is -0.728. The Kier molecular flexibility index (Phi) is 6.52. The van der Waals surface area contributed by atoms with Gasteiger partial charge < -0.3 is 4.74 Å². The molecule has 0 aliphatic rings. The topological polar surface area (TPSA) is 50.1 Å². The lowest BCUT2D eigenvalue weighted by Crippen LogP contribution is -2.15. The summed E-state index contributed by atoms with van der Waals surface area (Å²) in [6.45, 7) is 1.55. The van der Waals surface area contributed by atoms with Crippen molar-refractivity contribution in [3.63, 3.8) is 0 Å². The first-order valence-corrected chi connectivity index (χ1v) is 8.54. The molecule has 2 aromatic rings. The maximum Gasteiger partial charge on any atom is 0.317 e. The van der Waals surface area contributed by atoms with Crippen LogP contribution in [0.3, 0.4) is 0 Å². The summed E-state index contributed by atoms with van der Waals surface area (Å²) >= 11 is 7.42. The molecule has 2 rings (SSSR count). The van der Waals surface area contributed by atoms with Gasteiger partial charge in [0.2, 0.25) is 0 Å².